The number of hydrogen-bond donors (Lipinski definition) is 2. The first-order chi connectivity index (χ1) is 28.1. The van der Waals surface area contributed by atoms with Crippen LogP contribution in [0.5, 0.6) is 0 Å². The molecule has 0 unspecified atom stereocenters. The van der Waals surface area contributed by atoms with Gasteiger partial charge in [-0.1, -0.05) is 169 Å². The predicted octanol–water partition coefficient (Wildman–Crippen LogP) is 12.1. The van der Waals surface area contributed by atoms with Gasteiger partial charge in [0, 0.05) is 50.6 Å². The molecule has 0 bridgehead atoms. The van der Waals surface area contributed by atoms with Crippen molar-refractivity contribution in [2.75, 3.05) is 7.05 Å². The number of benzene rings is 8. The zero-order valence-electron chi connectivity index (χ0n) is 32.4. The van der Waals surface area contributed by atoms with Gasteiger partial charge in [-0.25, -0.2) is 0 Å². The maximum Gasteiger partial charge on any atom is 0.125 e. The number of aromatic nitrogens is 2. The van der Waals surface area contributed by atoms with E-state index in [1.165, 1.54) is 87.5 Å². The Morgan fingerprint density at radius 2 is 1.16 bits per heavy atom. The van der Waals surface area contributed by atoms with Crippen molar-refractivity contribution in [2.24, 2.45) is 16.5 Å². The van der Waals surface area contributed by atoms with Crippen LogP contribution in [0.2, 0.25) is 0 Å². The molecule has 278 valence electrons. The Morgan fingerprint density at radius 3 is 1.84 bits per heavy atom. The molecule has 0 spiro atoms. The summed E-state index contributed by atoms with van der Waals surface area (Å²) in [5.41, 5.74) is 23.4. The standard InChI is InChI=1S/C37H27N3.C8H10N2.C7H8/c38-22-39-34-25-13-5-4-10-23(25)18-19-30(34)31-20-21-32-33-28-16-8-6-14-26(28)27-15-7-9-17-29(27)35(33)40(37(32)36(31)39)24-11-2-1-3-12-24;1-10-8(9)7-5-3-2-4-6-7;1-7-5-3-2-4-6-7/h1-7,9-15,17-21H,8,16,22,38H2;2-6H,1H3,(H2,9,10);2-6H,1H3. The van der Waals surface area contributed by atoms with Crippen molar-refractivity contribution in [3.63, 3.8) is 0 Å². The molecule has 4 N–H and O–H groups in total. The van der Waals surface area contributed by atoms with Crippen LogP contribution in [0.4, 0.5) is 0 Å². The van der Waals surface area contributed by atoms with E-state index in [2.05, 4.69) is 148 Å². The normalized spacial score (nSPS) is 12.5. The van der Waals surface area contributed by atoms with E-state index in [1.54, 1.807) is 7.05 Å². The second-order valence-corrected chi connectivity index (χ2v) is 14.6. The van der Waals surface area contributed by atoms with Crippen LogP contribution in [-0.4, -0.2) is 22.0 Å². The number of nitrogens with two attached hydrogens (primary N) is 2. The van der Waals surface area contributed by atoms with Crippen LogP contribution in [0.25, 0.3) is 76.9 Å². The number of nitrogens with zero attached hydrogens (tertiary/aromatic N) is 3. The molecule has 0 fully saturated rings. The summed E-state index contributed by atoms with van der Waals surface area (Å²) in [5.74, 6) is 0.584. The third-order valence-corrected chi connectivity index (χ3v) is 11.2. The van der Waals surface area contributed by atoms with Crippen molar-refractivity contribution in [2.45, 2.75) is 26.4 Å². The molecular formula is C52H45N5. The largest absolute Gasteiger partial charge is 0.384 e. The highest BCUT2D eigenvalue weighted by Gasteiger charge is 2.25. The van der Waals surface area contributed by atoms with Crippen LogP contribution in [0.15, 0.2) is 175 Å². The average molecular weight is 740 g/mol. The van der Waals surface area contributed by atoms with Crippen LogP contribution in [0.3, 0.4) is 0 Å². The molecule has 5 heteroatoms. The molecule has 5 nitrogen and oxygen atoms in total. The average Bonchev–Trinajstić information content (AvgIpc) is 3.81. The molecule has 0 radical (unpaired) electrons. The van der Waals surface area contributed by atoms with Crippen molar-refractivity contribution in [3.8, 4) is 5.69 Å². The highest BCUT2D eigenvalue weighted by atomic mass is 15.1. The molecule has 57 heavy (non-hydrogen) atoms. The minimum Gasteiger partial charge on any atom is -0.384 e. The smallest absolute Gasteiger partial charge is 0.125 e. The summed E-state index contributed by atoms with van der Waals surface area (Å²) < 4.78 is 4.86. The monoisotopic (exact) mass is 739 g/mol. The SMILES string of the molecule is CN=C(N)c1ccccc1.Cc1ccccc1.NCn1c2c3ccccc3ccc2c2ccc3c4c5c(c6ccccc6c4n(-c4ccccc4)c3c21)C=CCC5. The second-order valence-electron chi connectivity index (χ2n) is 14.6. The fourth-order valence-electron chi connectivity index (χ4n) is 8.68. The molecule has 8 aromatic carbocycles. The molecule has 2 aromatic heterocycles. The van der Waals surface area contributed by atoms with Gasteiger partial charge in [0.2, 0.25) is 0 Å². The van der Waals surface area contributed by atoms with E-state index in [4.69, 9.17) is 11.5 Å². The van der Waals surface area contributed by atoms with Crippen LogP contribution >= 0.6 is 0 Å². The minimum absolute atomic E-state index is 0.408. The van der Waals surface area contributed by atoms with E-state index in [0.29, 0.717) is 12.5 Å². The Morgan fingerprint density at radius 1 is 0.579 bits per heavy atom. The molecule has 1 aliphatic rings. The molecular weight excluding hydrogens is 695 g/mol. The molecule has 11 rings (SSSR count). The van der Waals surface area contributed by atoms with Gasteiger partial charge < -0.3 is 20.6 Å². The molecule has 0 saturated carbocycles. The Bertz CT molecular complexity index is 3120. The molecule has 10 aromatic rings. The fourth-order valence-corrected chi connectivity index (χ4v) is 8.68. The van der Waals surface area contributed by atoms with Gasteiger partial charge in [-0.3, -0.25) is 4.99 Å². The molecule has 0 aliphatic heterocycles. The lowest BCUT2D eigenvalue weighted by Gasteiger charge is -2.17. The highest BCUT2D eigenvalue weighted by molar-refractivity contribution is 6.29. The minimum atomic E-state index is 0.408. The molecule has 2 heterocycles. The van der Waals surface area contributed by atoms with Crippen molar-refractivity contribution < 1.29 is 0 Å². The molecule has 1 aliphatic carbocycles. The molecule has 0 saturated heterocycles. The molecule has 0 amide bonds. The van der Waals surface area contributed by atoms with Gasteiger partial charge in [0.1, 0.15) is 5.84 Å². The first-order valence-electron chi connectivity index (χ1n) is 19.6. The lowest BCUT2D eigenvalue weighted by Crippen LogP contribution is -2.12. The van der Waals surface area contributed by atoms with E-state index in [-0.39, 0.29) is 0 Å². The number of rotatable bonds is 3. The number of amidine groups is 1. The van der Waals surface area contributed by atoms with Gasteiger partial charge in [-0.05, 0) is 53.8 Å². The van der Waals surface area contributed by atoms with Crippen LogP contribution in [-0.2, 0) is 13.1 Å². The maximum atomic E-state index is 6.64. The predicted molar refractivity (Wildman–Crippen MR) is 245 cm³/mol. The Balaban J connectivity index is 0.000000206. The Hall–Kier alpha value is -6.95. The van der Waals surface area contributed by atoms with Gasteiger partial charge in [0.25, 0.3) is 0 Å². The third kappa shape index (κ3) is 6.23. The van der Waals surface area contributed by atoms with Gasteiger partial charge in [0.15, 0.2) is 0 Å². The number of para-hydroxylation sites is 1. The lowest BCUT2D eigenvalue weighted by atomic mass is 9.88. The van der Waals surface area contributed by atoms with E-state index < -0.39 is 0 Å². The first-order valence-corrected chi connectivity index (χ1v) is 19.6. The summed E-state index contributed by atoms with van der Waals surface area (Å²) in [6.45, 7) is 2.49. The second kappa shape index (κ2) is 15.3. The number of aliphatic imine (C=N–C) groups is 1. The third-order valence-electron chi connectivity index (χ3n) is 11.2. The summed E-state index contributed by atoms with van der Waals surface area (Å²) in [4.78, 5) is 3.85. The lowest BCUT2D eigenvalue weighted by molar-refractivity contribution is 0.793. The number of fused-ring (bicyclic) bond motifs is 14. The van der Waals surface area contributed by atoms with E-state index >= 15 is 0 Å². The van der Waals surface area contributed by atoms with Gasteiger partial charge in [0.05, 0.1) is 28.7 Å². The zero-order valence-corrected chi connectivity index (χ0v) is 32.4. The quantitative estimate of drug-likeness (QED) is 0.140. The van der Waals surface area contributed by atoms with Crippen molar-refractivity contribution in [1.82, 2.24) is 9.13 Å². The van der Waals surface area contributed by atoms with E-state index in [1.807, 2.05) is 48.5 Å². The fraction of sp³-hybridized carbons (Fsp3) is 0.0962. The van der Waals surface area contributed by atoms with E-state index in [9.17, 15) is 0 Å². The summed E-state index contributed by atoms with van der Waals surface area (Å²) >= 11 is 0. The van der Waals surface area contributed by atoms with Crippen LogP contribution in [0.1, 0.15) is 28.7 Å². The highest BCUT2D eigenvalue weighted by Crippen LogP contribution is 2.46. The van der Waals surface area contributed by atoms with Gasteiger partial charge >= 0.3 is 0 Å². The van der Waals surface area contributed by atoms with Crippen LogP contribution < -0.4 is 11.5 Å². The van der Waals surface area contributed by atoms with Gasteiger partial charge in [-0.2, -0.15) is 0 Å². The summed E-state index contributed by atoms with van der Waals surface area (Å²) in [5, 5.41) is 10.3. The Labute approximate surface area is 332 Å². The topological polar surface area (TPSA) is 74.3 Å². The summed E-state index contributed by atoms with van der Waals surface area (Å²) in [6, 6.07) is 57.6. The summed E-state index contributed by atoms with van der Waals surface area (Å²) in [7, 11) is 1.68. The zero-order chi connectivity index (χ0) is 38.9. The maximum absolute atomic E-state index is 6.64. The van der Waals surface area contributed by atoms with Crippen LogP contribution in [0, 0.1) is 6.92 Å². The van der Waals surface area contributed by atoms with Crippen molar-refractivity contribution >= 4 is 77.1 Å². The van der Waals surface area contributed by atoms with Crippen molar-refractivity contribution in [1.29, 1.82) is 0 Å². The van der Waals surface area contributed by atoms with Gasteiger partial charge in [-0.15, -0.1) is 0 Å². The number of hydrogen-bond acceptors (Lipinski definition) is 2. The van der Waals surface area contributed by atoms with E-state index in [0.717, 1.165) is 18.4 Å². The molecule has 0 atom stereocenters. The Kier molecular flexibility index (Phi) is 9.59. The summed E-state index contributed by atoms with van der Waals surface area (Å²) in [6.07, 6.45) is 6.78. The van der Waals surface area contributed by atoms with Crippen molar-refractivity contribution in [3.05, 3.63) is 192 Å². The number of aryl methyl sites for hydroxylation is 2. The first kappa shape index (κ1) is 35.7. The number of allylic oxidation sites excluding steroid dienone is 1.